The third-order valence-corrected chi connectivity index (χ3v) is 4.97. The van der Waals surface area contributed by atoms with E-state index in [1.807, 2.05) is 0 Å². The largest absolute Gasteiger partial charge is 0.508 e. The Morgan fingerprint density at radius 2 is 1.78 bits per heavy atom. The average Bonchev–Trinajstić information content (AvgIpc) is 2.76. The molecule has 5 atom stereocenters. The SMILES string of the molecule is O=C(O)CNC(=O)CNC(=O)[C@H](Cc1ccc(O)cc1)[NH2+]C[C@@]1(O)OC[C@@H](O)[C@@H](O)[C@@H]1O. The number of aliphatic hydroxyl groups excluding tert-OH is 3. The molecule has 1 aliphatic rings. The van der Waals surface area contributed by atoms with E-state index in [4.69, 9.17) is 9.84 Å². The van der Waals surface area contributed by atoms with Crippen molar-refractivity contribution in [3.63, 3.8) is 0 Å². The van der Waals surface area contributed by atoms with Crippen molar-refractivity contribution in [2.24, 2.45) is 0 Å². The number of carbonyl (C=O) groups is 3. The second kappa shape index (κ2) is 11.2. The molecule has 0 unspecified atom stereocenters. The van der Waals surface area contributed by atoms with Crippen molar-refractivity contribution in [2.45, 2.75) is 36.6 Å². The summed E-state index contributed by atoms with van der Waals surface area (Å²) in [6, 6.07) is 5.05. The molecule has 13 nitrogen and oxygen atoms in total. The number of phenolic OH excluding ortho intramolecular Hbond substituents is 1. The number of quaternary nitrogens is 1. The van der Waals surface area contributed by atoms with Gasteiger partial charge in [-0.05, 0) is 17.7 Å². The molecule has 0 bridgehead atoms. The molecule has 32 heavy (non-hydrogen) atoms. The normalized spacial score (nSPS) is 26.2. The van der Waals surface area contributed by atoms with Crippen molar-refractivity contribution in [3.8, 4) is 5.75 Å². The maximum atomic E-state index is 12.7. The fourth-order valence-corrected chi connectivity index (χ4v) is 3.09. The summed E-state index contributed by atoms with van der Waals surface area (Å²) in [5, 5.41) is 63.8. The zero-order valence-electron chi connectivity index (χ0n) is 17.0. The van der Waals surface area contributed by atoms with Crippen LogP contribution in [0.2, 0.25) is 0 Å². The lowest BCUT2D eigenvalue weighted by Gasteiger charge is -2.40. The van der Waals surface area contributed by atoms with Gasteiger partial charge in [-0.25, -0.2) is 0 Å². The summed E-state index contributed by atoms with van der Waals surface area (Å²) < 4.78 is 5.09. The number of aliphatic hydroxyl groups is 4. The maximum absolute atomic E-state index is 12.7. The molecular weight excluding hydrogens is 430 g/mol. The van der Waals surface area contributed by atoms with Crippen LogP contribution in [0, 0.1) is 0 Å². The number of nitrogens with two attached hydrogens (primary N) is 1. The highest BCUT2D eigenvalue weighted by molar-refractivity contribution is 5.88. The second-order valence-electron chi connectivity index (χ2n) is 7.46. The number of hydrogen-bond acceptors (Lipinski definition) is 9. The molecule has 2 rings (SSSR count). The number of hydrogen-bond donors (Lipinski definition) is 9. The summed E-state index contributed by atoms with van der Waals surface area (Å²) in [6.07, 6.45) is -4.77. The van der Waals surface area contributed by atoms with Gasteiger partial charge < -0.3 is 51.3 Å². The number of carbonyl (C=O) groups excluding carboxylic acids is 2. The summed E-state index contributed by atoms with van der Waals surface area (Å²) >= 11 is 0. The van der Waals surface area contributed by atoms with E-state index in [9.17, 15) is 39.9 Å². The van der Waals surface area contributed by atoms with E-state index in [1.54, 1.807) is 12.1 Å². The molecule has 0 radical (unpaired) electrons. The van der Waals surface area contributed by atoms with Crippen LogP contribution < -0.4 is 16.0 Å². The van der Waals surface area contributed by atoms with Crippen LogP contribution in [-0.2, 0) is 25.5 Å². The van der Waals surface area contributed by atoms with Crippen molar-refractivity contribution < 1.29 is 55.1 Å². The smallest absolute Gasteiger partial charge is 0.322 e. The number of aliphatic carboxylic acids is 1. The number of nitrogens with one attached hydrogen (secondary N) is 2. The van der Waals surface area contributed by atoms with Crippen molar-refractivity contribution in [2.75, 3.05) is 26.2 Å². The first kappa shape index (κ1) is 25.5. The van der Waals surface area contributed by atoms with E-state index >= 15 is 0 Å². The molecule has 1 fully saturated rings. The first-order valence-corrected chi connectivity index (χ1v) is 9.80. The van der Waals surface area contributed by atoms with Gasteiger partial charge >= 0.3 is 5.97 Å². The molecule has 2 amide bonds. The lowest BCUT2D eigenvalue weighted by Crippen LogP contribution is -2.97. The minimum atomic E-state index is -2.25. The minimum absolute atomic E-state index is 0.0226. The summed E-state index contributed by atoms with van der Waals surface area (Å²) in [7, 11) is 0. The highest BCUT2D eigenvalue weighted by Crippen LogP contribution is 2.22. The predicted molar refractivity (Wildman–Crippen MR) is 105 cm³/mol. The summed E-state index contributed by atoms with van der Waals surface area (Å²) in [5.41, 5.74) is 0.641. The van der Waals surface area contributed by atoms with E-state index in [0.29, 0.717) is 5.56 Å². The summed E-state index contributed by atoms with van der Waals surface area (Å²) in [5.74, 6) is -4.81. The van der Waals surface area contributed by atoms with Gasteiger partial charge in [0, 0.05) is 6.42 Å². The topological polar surface area (TPSA) is 222 Å². The van der Waals surface area contributed by atoms with Gasteiger partial charge in [-0.2, -0.15) is 0 Å². The molecule has 1 aliphatic heterocycles. The van der Waals surface area contributed by atoms with Crippen LogP contribution in [0.25, 0.3) is 0 Å². The number of carboxylic acids is 1. The van der Waals surface area contributed by atoms with Gasteiger partial charge in [0.2, 0.25) is 11.7 Å². The Morgan fingerprint density at radius 3 is 2.41 bits per heavy atom. The fraction of sp³-hybridized carbons (Fsp3) is 0.526. The Balaban J connectivity index is 2.05. The highest BCUT2D eigenvalue weighted by atomic mass is 16.6. The van der Waals surface area contributed by atoms with Gasteiger partial charge in [0.1, 0.15) is 37.2 Å². The lowest BCUT2D eigenvalue weighted by molar-refractivity contribution is -0.700. The number of ether oxygens (including phenoxy) is 1. The van der Waals surface area contributed by atoms with Crippen LogP contribution in [0.15, 0.2) is 24.3 Å². The minimum Gasteiger partial charge on any atom is -0.508 e. The van der Waals surface area contributed by atoms with E-state index < -0.39 is 67.6 Å². The average molecular weight is 458 g/mol. The summed E-state index contributed by atoms with van der Waals surface area (Å²) in [4.78, 5) is 34.8. The maximum Gasteiger partial charge on any atom is 0.322 e. The summed E-state index contributed by atoms with van der Waals surface area (Å²) in [6.45, 7) is -1.91. The molecule has 1 heterocycles. The Morgan fingerprint density at radius 1 is 1.12 bits per heavy atom. The second-order valence-corrected chi connectivity index (χ2v) is 7.46. The van der Waals surface area contributed by atoms with Crippen molar-refractivity contribution in [3.05, 3.63) is 29.8 Å². The van der Waals surface area contributed by atoms with Crippen molar-refractivity contribution in [1.82, 2.24) is 10.6 Å². The number of carboxylic acid groups (broad SMARTS) is 1. The molecule has 0 saturated carbocycles. The molecular formula is C19H28N3O10+. The van der Waals surface area contributed by atoms with Gasteiger partial charge in [0.15, 0.2) is 6.04 Å². The van der Waals surface area contributed by atoms with Crippen LogP contribution in [0.3, 0.4) is 0 Å². The molecule has 0 aliphatic carbocycles. The van der Waals surface area contributed by atoms with Crippen molar-refractivity contribution >= 4 is 17.8 Å². The Kier molecular flexibility index (Phi) is 8.89. The molecule has 1 saturated heterocycles. The van der Waals surface area contributed by atoms with Crippen LogP contribution in [-0.4, -0.2) is 105 Å². The zero-order valence-corrected chi connectivity index (χ0v) is 17.0. The monoisotopic (exact) mass is 458 g/mol. The fourth-order valence-electron chi connectivity index (χ4n) is 3.09. The van der Waals surface area contributed by atoms with Gasteiger partial charge in [-0.15, -0.1) is 0 Å². The van der Waals surface area contributed by atoms with E-state index in [0.717, 1.165) is 0 Å². The lowest BCUT2D eigenvalue weighted by atomic mass is 9.96. The Hall–Kier alpha value is -2.81. The number of phenols is 1. The number of rotatable bonds is 10. The molecule has 1 aromatic rings. The number of benzene rings is 1. The van der Waals surface area contributed by atoms with Crippen molar-refractivity contribution in [1.29, 1.82) is 0 Å². The highest BCUT2D eigenvalue weighted by Gasteiger charge is 2.50. The van der Waals surface area contributed by atoms with Crippen LogP contribution in [0.4, 0.5) is 0 Å². The van der Waals surface area contributed by atoms with Crippen LogP contribution in [0.1, 0.15) is 5.56 Å². The third kappa shape index (κ3) is 7.12. The predicted octanol–water partition coefficient (Wildman–Crippen LogP) is -5.01. The van der Waals surface area contributed by atoms with Gasteiger partial charge in [-0.1, -0.05) is 12.1 Å². The quantitative estimate of drug-likeness (QED) is 0.162. The molecule has 13 heteroatoms. The van der Waals surface area contributed by atoms with E-state index in [-0.39, 0.29) is 18.7 Å². The van der Waals surface area contributed by atoms with E-state index in [1.165, 1.54) is 17.4 Å². The molecule has 178 valence electrons. The first-order chi connectivity index (χ1) is 15.0. The molecule has 10 N–H and O–H groups in total. The Bertz CT molecular complexity index is 805. The first-order valence-electron chi connectivity index (χ1n) is 9.80. The molecule has 0 aromatic heterocycles. The standard InChI is InChI=1S/C19H27N3O10/c23-11-3-1-10(2-4-11)5-12(18(30)21-6-14(25)20-7-15(26)27)22-9-19(31)17(29)16(28)13(24)8-32-19/h1-4,12-13,16-17,22-24,28-29,31H,5-9H2,(H,20,25)(H,21,30)(H,26,27)/p+1/t12-,13+,16+,17-,19+/m0/s1. The molecule has 1 aromatic carbocycles. The van der Waals surface area contributed by atoms with Gasteiger partial charge in [0.25, 0.3) is 5.91 Å². The number of amides is 2. The zero-order chi connectivity index (χ0) is 23.9. The van der Waals surface area contributed by atoms with E-state index in [2.05, 4.69) is 10.6 Å². The van der Waals surface area contributed by atoms with Gasteiger partial charge in [0.05, 0.1) is 13.2 Å². The Labute approximate surface area is 182 Å². The van der Waals surface area contributed by atoms with Crippen LogP contribution >= 0.6 is 0 Å². The third-order valence-electron chi connectivity index (χ3n) is 4.97. The number of aromatic hydroxyl groups is 1. The van der Waals surface area contributed by atoms with Gasteiger partial charge in [-0.3, -0.25) is 14.4 Å². The van der Waals surface area contributed by atoms with Crippen LogP contribution in [0.5, 0.6) is 5.75 Å². The molecule has 0 spiro atoms.